The summed E-state index contributed by atoms with van der Waals surface area (Å²) in [6.07, 6.45) is 7.50. The van der Waals surface area contributed by atoms with Crippen LogP contribution in [0.25, 0.3) is 0 Å². The Morgan fingerprint density at radius 1 is 1.40 bits per heavy atom. The first-order valence-corrected chi connectivity index (χ1v) is 5.74. The molecule has 1 aromatic rings. The molecule has 15 heavy (non-hydrogen) atoms. The topological polar surface area (TPSA) is 37.0 Å². The van der Waals surface area contributed by atoms with Crippen LogP contribution in [-0.2, 0) is 0 Å². The second kappa shape index (κ2) is 5.12. The lowest BCUT2D eigenvalue weighted by atomic mass is 10.1. The third kappa shape index (κ3) is 2.93. The van der Waals surface area contributed by atoms with Crippen molar-refractivity contribution in [3.8, 4) is 0 Å². The molecule has 0 spiro atoms. The first-order chi connectivity index (χ1) is 7.36. The van der Waals surface area contributed by atoms with Crippen LogP contribution in [0.4, 0.5) is 5.69 Å². The van der Waals surface area contributed by atoms with Crippen molar-refractivity contribution in [1.29, 1.82) is 0 Å². The van der Waals surface area contributed by atoms with Crippen molar-refractivity contribution in [3.63, 3.8) is 0 Å². The molecule has 0 aliphatic carbocycles. The normalized spacial score (nSPS) is 22.1. The average Bonchev–Trinajstić information content (AvgIpc) is 2.50. The van der Waals surface area contributed by atoms with E-state index in [2.05, 4.69) is 28.6 Å². The summed E-state index contributed by atoms with van der Waals surface area (Å²) in [6.45, 7) is 4.39. The van der Waals surface area contributed by atoms with Gasteiger partial charge in [0.15, 0.2) is 0 Å². The molecule has 0 amide bonds. The quantitative estimate of drug-likeness (QED) is 0.775. The summed E-state index contributed by atoms with van der Waals surface area (Å²) in [6, 6.07) is 2.68. The van der Waals surface area contributed by atoms with Crippen LogP contribution in [0.3, 0.4) is 0 Å². The van der Waals surface area contributed by atoms with E-state index in [0.29, 0.717) is 6.04 Å². The molecule has 1 aromatic heterocycles. The van der Waals surface area contributed by atoms with Crippen LogP contribution in [0, 0.1) is 6.92 Å². The van der Waals surface area contributed by atoms with E-state index in [9.17, 15) is 0 Å². The zero-order valence-corrected chi connectivity index (χ0v) is 9.29. The first kappa shape index (κ1) is 10.4. The molecule has 0 saturated carbocycles. The van der Waals surface area contributed by atoms with Gasteiger partial charge in [-0.2, -0.15) is 0 Å². The molecule has 1 atom stereocenters. The Kier molecular flexibility index (Phi) is 3.56. The highest BCUT2D eigenvalue weighted by atomic mass is 15.0. The fraction of sp³-hybridized carbons (Fsp3) is 0.583. The van der Waals surface area contributed by atoms with Gasteiger partial charge in [0.25, 0.3) is 0 Å². The van der Waals surface area contributed by atoms with Gasteiger partial charge in [0.1, 0.15) is 0 Å². The minimum absolute atomic E-state index is 0.612. The van der Waals surface area contributed by atoms with Gasteiger partial charge in [0.05, 0.1) is 0 Å². The summed E-state index contributed by atoms with van der Waals surface area (Å²) in [7, 11) is 0. The summed E-state index contributed by atoms with van der Waals surface area (Å²) in [4.78, 5) is 4.10. The molecule has 3 nitrogen and oxygen atoms in total. The average molecular weight is 205 g/mol. The van der Waals surface area contributed by atoms with E-state index in [1.807, 2.05) is 12.4 Å². The fourth-order valence-electron chi connectivity index (χ4n) is 2.02. The van der Waals surface area contributed by atoms with E-state index in [0.717, 1.165) is 13.1 Å². The number of aromatic nitrogens is 1. The Balaban J connectivity index is 1.98. The summed E-state index contributed by atoms with van der Waals surface area (Å²) >= 11 is 0. The molecular weight excluding hydrogens is 186 g/mol. The van der Waals surface area contributed by atoms with Crippen molar-refractivity contribution in [3.05, 3.63) is 24.0 Å². The third-order valence-corrected chi connectivity index (χ3v) is 2.96. The van der Waals surface area contributed by atoms with E-state index in [1.54, 1.807) is 0 Å². The number of hydrogen-bond donors (Lipinski definition) is 2. The Labute approximate surface area is 91.3 Å². The highest BCUT2D eigenvalue weighted by molar-refractivity contribution is 5.49. The van der Waals surface area contributed by atoms with Crippen LogP contribution in [0.15, 0.2) is 18.5 Å². The molecule has 82 valence electrons. The number of rotatable bonds is 2. The summed E-state index contributed by atoms with van der Waals surface area (Å²) in [5, 5.41) is 7.03. The molecule has 2 heterocycles. The van der Waals surface area contributed by atoms with Gasteiger partial charge >= 0.3 is 0 Å². The lowest BCUT2D eigenvalue weighted by molar-refractivity contribution is 0.637. The Hall–Kier alpha value is -1.09. The molecule has 2 N–H and O–H groups in total. The zero-order chi connectivity index (χ0) is 10.5. The maximum atomic E-state index is 4.10. The van der Waals surface area contributed by atoms with Crippen molar-refractivity contribution in [2.24, 2.45) is 0 Å². The molecule has 0 bridgehead atoms. The first-order valence-electron chi connectivity index (χ1n) is 5.74. The van der Waals surface area contributed by atoms with Crippen molar-refractivity contribution in [2.45, 2.75) is 32.2 Å². The van der Waals surface area contributed by atoms with Crippen LogP contribution < -0.4 is 10.6 Å². The number of anilines is 1. The smallest absolute Gasteiger partial charge is 0.0402 e. The van der Waals surface area contributed by atoms with Crippen molar-refractivity contribution in [1.82, 2.24) is 10.3 Å². The van der Waals surface area contributed by atoms with Gasteiger partial charge in [-0.3, -0.25) is 4.98 Å². The largest absolute Gasteiger partial charge is 0.382 e. The van der Waals surface area contributed by atoms with E-state index < -0.39 is 0 Å². The monoisotopic (exact) mass is 205 g/mol. The van der Waals surface area contributed by atoms with Gasteiger partial charge < -0.3 is 10.6 Å². The molecular formula is C12H19N3. The number of aryl methyl sites for hydroxylation is 1. The van der Waals surface area contributed by atoms with Gasteiger partial charge in [0, 0.05) is 24.1 Å². The fourth-order valence-corrected chi connectivity index (χ4v) is 2.02. The molecule has 0 aromatic carbocycles. The predicted octanol–water partition coefficient (Wildman–Crippen LogP) is 1.94. The van der Waals surface area contributed by atoms with Gasteiger partial charge in [0.2, 0.25) is 0 Å². The Bertz CT molecular complexity index is 303. The highest BCUT2D eigenvalue weighted by Gasteiger charge is 2.11. The van der Waals surface area contributed by atoms with Crippen LogP contribution in [0.2, 0.25) is 0 Å². The number of nitrogens with one attached hydrogen (secondary N) is 2. The lowest BCUT2D eigenvalue weighted by Crippen LogP contribution is -2.21. The number of hydrogen-bond acceptors (Lipinski definition) is 3. The maximum Gasteiger partial charge on any atom is 0.0402 e. The SMILES string of the molecule is Cc1cnccc1NC1CCCNCC1. The Morgan fingerprint density at radius 3 is 3.20 bits per heavy atom. The number of pyridine rings is 1. The van der Waals surface area contributed by atoms with E-state index in [4.69, 9.17) is 0 Å². The molecule has 1 unspecified atom stereocenters. The predicted molar refractivity (Wildman–Crippen MR) is 63.1 cm³/mol. The summed E-state index contributed by atoms with van der Waals surface area (Å²) in [5.74, 6) is 0. The van der Waals surface area contributed by atoms with E-state index in [1.165, 1.54) is 30.5 Å². The van der Waals surface area contributed by atoms with Gasteiger partial charge in [-0.15, -0.1) is 0 Å². The molecule has 0 radical (unpaired) electrons. The lowest BCUT2D eigenvalue weighted by Gasteiger charge is -2.18. The van der Waals surface area contributed by atoms with Crippen LogP contribution >= 0.6 is 0 Å². The minimum Gasteiger partial charge on any atom is -0.382 e. The molecule has 1 saturated heterocycles. The van der Waals surface area contributed by atoms with E-state index in [-0.39, 0.29) is 0 Å². The molecule has 2 rings (SSSR count). The van der Waals surface area contributed by atoms with E-state index >= 15 is 0 Å². The van der Waals surface area contributed by atoms with Crippen molar-refractivity contribution >= 4 is 5.69 Å². The number of nitrogens with zero attached hydrogens (tertiary/aromatic N) is 1. The summed E-state index contributed by atoms with van der Waals surface area (Å²) in [5.41, 5.74) is 2.46. The second-order valence-corrected chi connectivity index (χ2v) is 4.21. The standard InChI is InChI=1S/C12H19N3/c1-10-9-14-8-5-12(10)15-11-3-2-6-13-7-4-11/h5,8-9,11,13H,2-4,6-7H2,1H3,(H,14,15). The Morgan fingerprint density at radius 2 is 2.33 bits per heavy atom. The third-order valence-electron chi connectivity index (χ3n) is 2.96. The van der Waals surface area contributed by atoms with Crippen molar-refractivity contribution in [2.75, 3.05) is 18.4 Å². The van der Waals surface area contributed by atoms with Crippen molar-refractivity contribution < 1.29 is 0 Å². The molecule has 3 heteroatoms. The second-order valence-electron chi connectivity index (χ2n) is 4.21. The van der Waals surface area contributed by atoms with Gasteiger partial charge in [-0.25, -0.2) is 0 Å². The van der Waals surface area contributed by atoms with Gasteiger partial charge in [-0.05, 0) is 50.9 Å². The summed E-state index contributed by atoms with van der Waals surface area (Å²) < 4.78 is 0. The molecule has 1 aliphatic rings. The van der Waals surface area contributed by atoms with Crippen LogP contribution in [-0.4, -0.2) is 24.1 Å². The molecule has 1 aliphatic heterocycles. The minimum atomic E-state index is 0.612. The van der Waals surface area contributed by atoms with Crippen LogP contribution in [0.5, 0.6) is 0 Å². The zero-order valence-electron chi connectivity index (χ0n) is 9.29. The highest BCUT2D eigenvalue weighted by Crippen LogP contribution is 2.16. The maximum absolute atomic E-state index is 4.10. The molecule has 1 fully saturated rings. The van der Waals surface area contributed by atoms with Crippen LogP contribution in [0.1, 0.15) is 24.8 Å². The van der Waals surface area contributed by atoms with Gasteiger partial charge in [-0.1, -0.05) is 0 Å².